The predicted octanol–water partition coefficient (Wildman–Crippen LogP) is 3.87. The summed E-state index contributed by atoms with van der Waals surface area (Å²) in [7, 11) is 1.68. The van der Waals surface area contributed by atoms with Crippen molar-refractivity contribution in [1.82, 2.24) is 4.90 Å². The molecule has 138 valence electrons. The van der Waals surface area contributed by atoms with Crippen molar-refractivity contribution in [1.29, 1.82) is 0 Å². The van der Waals surface area contributed by atoms with Crippen molar-refractivity contribution in [3.05, 3.63) is 59.2 Å². The topological polar surface area (TPSA) is 67.9 Å². The van der Waals surface area contributed by atoms with Gasteiger partial charge >= 0.3 is 0 Å². The SMILES string of the molecule is CN1C(=O)C2(N=C1N)c1ccccc1Oc1ccc(C3CCCCC3)cc12. The molecule has 1 atom stereocenters. The molecule has 2 heterocycles. The molecule has 1 saturated carbocycles. The van der Waals surface area contributed by atoms with Crippen molar-refractivity contribution in [2.75, 3.05) is 7.05 Å². The Labute approximate surface area is 158 Å². The highest BCUT2D eigenvalue weighted by molar-refractivity contribution is 6.09. The Balaban J connectivity index is 1.73. The molecule has 0 aromatic heterocycles. The minimum absolute atomic E-state index is 0.127. The summed E-state index contributed by atoms with van der Waals surface area (Å²) in [6, 6.07) is 13.9. The fraction of sp³-hybridized carbons (Fsp3) is 0.364. The summed E-state index contributed by atoms with van der Waals surface area (Å²) in [6.07, 6.45) is 6.23. The van der Waals surface area contributed by atoms with Gasteiger partial charge in [0.05, 0.1) is 0 Å². The van der Waals surface area contributed by atoms with E-state index in [1.807, 2.05) is 30.3 Å². The monoisotopic (exact) mass is 361 g/mol. The van der Waals surface area contributed by atoms with Crippen molar-refractivity contribution in [2.24, 2.45) is 10.7 Å². The third-order valence-corrected chi connectivity index (χ3v) is 6.21. The molecule has 3 aliphatic rings. The summed E-state index contributed by atoms with van der Waals surface area (Å²) in [6.45, 7) is 0. The first-order valence-corrected chi connectivity index (χ1v) is 9.66. The van der Waals surface area contributed by atoms with Gasteiger partial charge in [-0.15, -0.1) is 0 Å². The first-order chi connectivity index (χ1) is 13.1. The van der Waals surface area contributed by atoms with Crippen LogP contribution in [-0.2, 0) is 10.3 Å². The second-order valence-corrected chi connectivity index (χ2v) is 7.73. The van der Waals surface area contributed by atoms with E-state index in [4.69, 9.17) is 15.5 Å². The number of hydrogen-bond donors (Lipinski definition) is 1. The zero-order chi connectivity index (χ0) is 18.6. The first-order valence-electron chi connectivity index (χ1n) is 9.66. The van der Waals surface area contributed by atoms with Crippen LogP contribution < -0.4 is 10.5 Å². The number of nitrogens with two attached hydrogens (primary N) is 1. The lowest BCUT2D eigenvalue weighted by Gasteiger charge is -2.34. The smallest absolute Gasteiger partial charge is 0.266 e. The quantitative estimate of drug-likeness (QED) is 0.838. The molecule has 5 heteroatoms. The van der Waals surface area contributed by atoms with Gasteiger partial charge in [0.25, 0.3) is 5.91 Å². The highest BCUT2D eigenvalue weighted by Crippen LogP contribution is 2.52. The van der Waals surface area contributed by atoms with Crippen LogP contribution >= 0.6 is 0 Å². The highest BCUT2D eigenvalue weighted by Gasteiger charge is 2.54. The number of carbonyl (C=O) groups is 1. The molecule has 0 radical (unpaired) electrons. The van der Waals surface area contributed by atoms with Crippen LogP contribution in [0.3, 0.4) is 0 Å². The number of ether oxygens (including phenoxy) is 1. The van der Waals surface area contributed by atoms with Crippen molar-refractivity contribution in [2.45, 2.75) is 43.6 Å². The Bertz CT molecular complexity index is 962. The Morgan fingerprint density at radius 3 is 2.56 bits per heavy atom. The second kappa shape index (κ2) is 5.84. The summed E-state index contributed by atoms with van der Waals surface area (Å²) >= 11 is 0. The largest absolute Gasteiger partial charge is 0.457 e. The number of benzene rings is 2. The van der Waals surface area contributed by atoms with Crippen LogP contribution in [0.4, 0.5) is 0 Å². The molecule has 0 bridgehead atoms. The summed E-state index contributed by atoms with van der Waals surface area (Å²) in [4.78, 5) is 19.5. The molecule has 0 saturated heterocycles. The van der Waals surface area contributed by atoms with E-state index < -0.39 is 5.54 Å². The Morgan fingerprint density at radius 2 is 1.81 bits per heavy atom. The molecule has 2 aromatic carbocycles. The zero-order valence-corrected chi connectivity index (χ0v) is 15.4. The lowest BCUT2D eigenvalue weighted by Crippen LogP contribution is -2.42. The molecule has 27 heavy (non-hydrogen) atoms. The fourth-order valence-electron chi connectivity index (χ4n) is 4.72. The number of hydrogen-bond acceptors (Lipinski definition) is 4. The van der Waals surface area contributed by atoms with Crippen molar-refractivity contribution < 1.29 is 9.53 Å². The number of nitrogens with zero attached hydrogens (tertiary/aromatic N) is 2. The Kier molecular flexibility index (Phi) is 3.54. The van der Waals surface area contributed by atoms with Crippen molar-refractivity contribution in [3.8, 4) is 11.5 Å². The van der Waals surface area contributed by atoms with Gasteiger partial charge in [-0.2, -0.15) is 0 Å². The maximum Gasteiger partial charge on any atom is 0.266 e. The summed E-state index contributed by atoms with van der Waals surface area (Å²) in [5, 5.41) is 0. The van der Waals surface area contributed by atoms with Crippen molar-refractivity contribution >= 4 is 11.9 Å². The summed E-state index contributed by atoms with van der Waals surface area (Å²) < 4.78 is 6.14. The van der Waals surface area contributed by atoms with Crippen LogP contribution in [0.1, 0.15) is 54.7 Å². The van der Waals surface area contributed by atoms with E-state index >= 15 is 0 Å². The standard InChI is InChI=1S/C22H23N3O2/c1-25-20(26)22(24-21(25)23)16-9-5-6-10-18(16)27-19-12-11-15(13-17(19)22)14-7-3-2-4-8-14/h5-6,9-14H,2-4,7-8H2,1H3,(H2,23,24). The number of amides is 1. The summed E-state index contributed by atoms with van der Waals surface area (Å²) in [5.74, 6) is 2.00. The van der Waals surface area contributed by atoms with Gasteiger partial charge in [0.15, 0.2) is 5.96 Å². The van der Waals surface area contributed by atoms with E-state index in [0.29, 0.717) is 17.4 Å². The van der Waals surface area contributed by atoms with Gasteiger partial charge < -0.3 is 10.5 Å². The van der Waals surface area contributed by atoms with Crippen LogP contribution in [0.2, 0.25) is 0 Å². The Morgan fingerprint density at radius 1 is 1.07 bits per heavy atom. The number of fused-ring (bicyclic) bond motifs is 4. The molecular weight excluding hydrogens is 338 g/mol. The van der Waals surface area contributed by atoms with Gasteiger partial charge in [-0.1, -0.05) is 43.5 Å². The van der Waals surface area contributed by atoms with Crippen LogP contribution in [0.15, 0.2) is 47.5 Å². The van der Waals surface area contributed by atoms with E-state index in [9.17, 15) is 4.79 Å². The third-order valence-electron chi connectivity index (χ3n) is 6.21. The molecule has 1 amide bonds. The van der Waals surface area contributed by atoms with Gasteiger partial charge in [0, 0.05) is 18.2 Å². The van der Waals surface area contributed by atoms with E-state index in [0.717, 1.165) is 11.1 Å². The van der Waals surface area contributed by atoms with Gasteiger partial charge in [0.1, 0.15) is 11.5 Å². The molecule has 2 aromatic rings. The number of rotatable bonds is 1. The molecule has 2 aliphatic heterocycles. The van der Waals surface area contributed by atoms with Crippen LogP contribution in [0.5, 0.6) is 11.5 Å². The maximum atomic E-state index is 13.4. The second-order valence-electron chi connectivity index (χ2n) is 7.73. The molecule has 1 spiro atoms. The Hall–Kier alpha value is -2.82. The van der Waals surface area contributed by atoms with E-state index in [2.05, 4.69) is 12.1 Å². The minimum atomic E-state index is -1.15. The van der Waals surface area contributed by atoms with E-state index in [-0.39, 0.29) is 11.9 Å². The number of carbonyl (C=O) groups excluding carboxylic acids is 1. The van der Waals surface area contributed by atoms with Crippen LogP contribution in [-0.4, -0.2) is 23.8 Å². The number of guanidine groups is 1. The maximum absolute atomic E-state index is 13.4. The predicted molar refractivity (Wildman–Crippen MR) is 104 cm³/mol. The van der Waals surface area contributed by atoms with E-state index in [1.54, 1.807) is 7.05 Å². The van der Waals surface area contributed by atoms with Gasteiger partial charge in [0.2, 0.25) is 5.54 Å². The lowest BCUT2D eigenvalue weighted by molar-refractivity contribution is -0.129. The molecular formula is C22H23N3O2. The average molecular weight is 361 g/mol. The van der Waals surface area contributed by atoms with Crippen LogP contribution in [0, 0.1) is 0 Å². The molecule has 1 unspecified atom stereocenters. The molecule has 5 rings (SSSR count). The van der Waals surface area contributed by atoms with Gasteiger partial charge in [-0.3, -0.25) is 9.69 Å². The minimum Gasteiger partial charge on any atom is -0.457 e. The molecule has 1 fully saturated rings. The fourth-order valence-corrected chi connectivity index (χ4v) is 4.72. The number of aliphatic imine (C=N–C) groups is 1. The van der Waals surface area contributed by atoms with Crippen LogP contribution in [0.25, 0.3) is 0 Å². The zero-order valence-electron chi connectivity index (χ0n) is 15.4. The molecule has 1 aliphatic carbocycles. The van der Waals surface area contributed by atoms with E-state index in [1.165, 1.54) is 42.6 Å². The third kappa shape index (κ3) is 2.24. The first kappa shape index (κ1) is 16.4. The normalized spacial score (nSPS) is 24.4. The van der Waals surface area contributed by atoms with Gasteiger partial charge in [-0.05, 0) is 42.5 Å². The number of likely N-dealkylation sites (N-methyl/N-ethyl adjacent to an activating group) is 1. The number of para-hydroxylation sites is 1. The molecule has 2 N–H and O–H groups in total. The van der Waals surface area contributed by atoms with Gasteiger partial charge in [-0.25, -0.2) is 4.99 Å². The lowest BCUT2D eigenvalue weighted by atomic mass is 9.77. The van der Waals surface area contributed by atoms with Crippen molar-refractivity contribution in [3.63, 3.8) is 0 Å². The average Bonchev–Trinajstić information content (AvgIpc) is 2.94. The molecule has 5 nitrogen and oxygen atoms in total. The highest BCUT2D eigenvalue weighted by atomic mass is 16.5. The summed E-state index contributed by atoms with van der Waals surface area (Å²) in [5.41, 5.74) is 7.78.